The molecule has 0 bridgehead atoms. The predicted molar refractivity (Wildman–Crippen MR) is 81.6 cm³/mol. The van der Waals surface area contributed by atoms with Crippen LogP contribution in [0, 0.1) is 21.4 Å². The van der Waals surface area contributed by atoms with Gasteiger partial charge in [0, 0.05) is 12.1 Å². The molecule has 0 radical (unpaired) electrons. The molecule has 0 spiro atoms. The molecule has 0 unspecified atom stereocenters. The Bertz CT molecular complexity index is 567. The van der Waals surface area contributed by atoms with Gasteiger partial charge in [-0.1, -0.05) is 49.8 Å². The fourth-order valence-corrected chi connectivity index (χ4v) is 3.21. The van der Waals surface area contributed by atoms with Gasteiger partial charge < -0.3 is 0 Å². The zero-order chi connectivity index (χ0) is 14.9. The van der Waals surface area contributed by atoms with Crippen LogP contribution in [0.25, 0.3) is 0 Å². The zero-order valence-electron chi connectivity index (χ0n) is 12.3. The number of hydrogen-bond acceptors (Lipinski definition) is 2. The molecular weight excluding hydrogens is 250 g/mol. The van der Waals surface area contributed by atoms with E-state index in [4.69, 9.17) is 0 Å². The van der Waals surface area contributed by atoms with Crippen molar-refractivity contribution in [3.8, 4) is 0 Å². The molecular formula is C17H21NO2. The second-order valence-corrected chi connectivity index (χ2v) is 6.41. The van der Waals surface area contributed by atoms with Crippen LogP contribution in [0.4, 0.5) is 5.69 Å². The summed E-state index contributed by atoms with van der Waals surface area (Å²) >= 11 is 0. The molecule has 3 nitrogen and oxygen atoms in total. The predicted octanol–water partition coefficient (Wildman–Crippen LogP) is 4.69. The molecule has 0 fully saturated rings. The molecule has 20 heavy (non-hydrogen) atoms. The summed E-state index contributed by atoms with van der Waals surface area (Å²) in [7, 11) is 0. The van der Waals surface area contributed by atoms with E-state index in [0.717, 1.165) is 24.0 Å². The Labute approximate surface area is 120 Å². The lowest BCUT2D eigenvalue weighted by Gasteiger charge is -2.39. The summed E-state index contributed by atoms with van der Waals surface area (Å²) in [5, 5.41) is 10.7. The van der Waals surface area contributed by atoms with Crippen molar-refractivity contribution in [3.63, 3.8) is 0 Å². The summed E-state index contributed by atoms with van der Waals surface area (Å²) in [6.45, 7) is 10.9. The average Bonchev–Trinajstić information content (AvgIpc) is 2.33. The van der Waals surface area contributed by atoms with Gasteiger partial charge in [0.25, 0.3) is 5.69 Å². The number of nitro groups is 1. The van der Waals surface area contributed by atoms with Gasteiger partial charge in [-0.15, -0.1) is 0 Å². The highest BCUT2D eigenvalue weighted by Crippen LogP contribution is 2.44. The molecule has 106 valence electrons. The third kappa shape index (κ3) is 2.98. The standard InChI is InChI=1S/C17H21NO2/c1-12-9-13(2)16(17(3,4)11-12)10-14-5-7-15(8-6-14)18(19)20/h5-9,16H,2,10-11H2,1,3-4H3/t16-/m0/s1. The fourth-order valence-electron chi connectivity index (χ4n) is 3.21. The molecule has 0 N–H and O–H groups in total. The quantitative estimate of drug-likeness (QED) is 0.591. The SMILES string of the molecule is C=C1C=C(C)CC(C)(C)[C@H]1Cc1ccc([N+](=O)[O-])cc1. The average molecular weight is 271 g/mol. The van der Waals surface area contributed by atoms with Crippen LogP contribution in [-0.4, -0.2) is 4.92 Å². The number of allylic oxidation sites excluding steroid dienone is 3. The number of hydrogen-bond donors (Lipinski definition) is 0. The van der Waals surface area contributed by atoms with Gasteiger partial charge in [-0.3, -0.25) is 10.1 Å². The summed E-state index contributed by atoms with van der Waals surface area (Å²) in [6.07, 6.45) is 4.14. The van der Waals surface area contributed by atoms with Crippen LogP contribution in [0.3, 0.4) is 0 Å². The van der Waals surface area contributed by atoms with Crippen LogP contribution >= 0.6 is 0 Å². The van der Waals surface area contributed by atoms with Crippen LogP contribution in [0.1, 0.15) is 32.8 Å². The molecule has 0 amide bonds. The minimum Gasteiger partial charge on any atom is -0.258 e. The summed E-state index contributed by atoms with van der Waals surface area (Å²) in [5.74, 6) is 0.382. The Morgan fingerprint density at radius 3 is 2.45 bits per heavy atom. The van der Waals surface area contributed by atoms with Crippen molar-refractivity contribution in [1.82, 2.24) is 0 Å². The maximum atomic E-state index is 10.7. The molecule has 1 aromatic rings. The van der Waals surface area contributed by atoms with Crippen molar-refractivity contribution < 1.29 is 4.92 Å². The number of rotatable bonds is 3. The van der Waals surface area contributed by atoms with E-state index in [9.17, 15) is 10.1 Å². The van der Waals surface area contributed by atoms with Crippen LogP contribution < -0.4 is 0 Å². The van der Waals surface area contributed by atoms with Gasteiger partial charge in [0.1, 0.15) is 0 Å². The minimum atomic E-state index is -0.362. The Morgan fingerprint density at radius 2 is 1.95 bits per heavy atom. The molecule has 0 heterocycles. The molecule has 2 rings (SSSR count). The number of non-ortho nitro benzene ring substituents is 1. The first-order chi connectivity index (χ1) is 9.29. The zero-order valence-corrected chi connectivity index (χ0v) is 12.3. The number of nitrogens with zero attached hydrogens (tertiary/aromatic N) is 1. The number of nitro benzene ring substituents is 1. The van der Waals surface area contributed by atoms with E-state index in [1.54, 1.807) is 12.1 Å². The van der Waals surface area contributed by atoms with Crippen molar-refractivity contribution in [2.24, 2.45) is 11.3 Å². The molecule has 3 heteroatoms. The van der Waals surface area contributed by atoms with Gasteiger partial charge in [0.2, 0.25) is 0 Å². The smallest absolute Gasteiger partial charge is 0.258 e. The Kier molecular flexibility index (Phi) is 3.80. The lowest BCUT2D eigenvalue weighted by molar-refractivity contribution is -0.384. The highest BCUT2D eigenvalue weighted by molar-refractivity contribution is 5.36. The van der Waals surface area contributed by atoms with Crippen LogP contribution in [0.15, 0.2) is 48.1 Å². The van der Waals surface area contributed by atoms with E-state index in [2.05, 4.69) is 33.4 Å². The van der Waals surface area contributed by atoms with Gasteiger partial charge >= 0.3 is 0 Å². The molecule has 1 aromatic carbocycles. The van der Waals surface area contributed by atoms with Gasteiger partial charge in [0.05, 0.1) is 4.92 Å². The maximum Gasteiger partial charge on any atom is 0.269 e. The van der Waals surface area contributed by atoms with Gasteiger partial charge in [-0.2, -0.15) is 0 Å². The normalized spacial score (nSPS) is 21.4. The van der Waals surface area contributed by atoms with Crippen LogP contribution in [0.2, 0.25) is 0 Å². The lowest BCUT2D eigenvalue weighted by atomic mass is 9.65. The molecule has 1 aliphatic rings. The van der Waals surface area contributed by atoms with E-state index in [1.165, 1.54) is 5.57 Å². The third-order valence-electron chi connectivity index (χ3n) is 4.14. The second-order valence-electron chi connectivity index (χ2n) is 6.41. The van der Waals surface area contributed by atoms with Crippen molar-refractivity contribution in [1.29, 1.82) is 0 Å². The largest absolute Gasteiger partial charge is 0.269 e. The van der Waals surface area contributed by atoms with Crippen LogP contribution in [-0.2, 0) is 6.42 Å². The Morgan fingerprint density at radius 1 is 1.35 bits per heavy atom. The Hall–Kier alpha value is -1.90. The van der Waals surface area contributed by atoms with Crippen molar-refractivity contribution >= 4 is 5.69 Å². The highest BCUT2D eigenvalue weighted by Gasteiger charge is 2.34. The van der Waals surface area contributed by atoms with Crippen molar-refractivity contribution in [2.45, 2.75) is 33.6 Å². The molecule has 1 atom stereocenters. The van der Waals surface area contributed by atoms with Gasteiger partial charge in [-0.05, 0) is 36.7 Å². The topological polar surface area (TPSA) is 43.1 Å². The highest BCUT2D eigenvalue weighted by atomic mass is 16.6. The molecule has 0 saturated carbocycles. The third-order valence-corrected chi connectivity index (χ3v) is 4.14. The first-order valence-electron chi connectivity index (χ1n) is 6.89. The van der Waals surface area contributed by atoms with E-state index in [-0.39, 0.29) is 16.0 Å². The van der Waals surface area contributed by atoms with Crippen LogP contribution in [0.5, 0.6) is 0 Å². The maximum absolute atomic E-state index is 10.7. The first kappa shape index (κ1) is 14.5. The molecule has 0 aromatic heterocycles. The summed E-state index contributed by atoms with van der Waals surface area (Å²) in [5.41, 5.74) is 3.99. The van der Waals surface area contributed by atoms with Gasteiger partial charge in [0.15, 0.2) is 0 Å². The van der Waals surface area contributed by atoms with E-state index in [1.807, 2.05) is 12.1 Å². The molecule has 0 saturated heterocycles. The summed E-state index contributed by atoms with van der Waals surface area (Å²) in [6, 6.07) is 6.86. The van der Waals surface area contributed by atoms with Crippen molar-refractivity contribution in [3.05, 3.63) is 63.7 Å². The fraction of sp³-hybridized carbons (Fsp3) is 0.412. The minimum absolute atomic E-state index is 0.145. The lowest BCUT2D eigenvalue weighted by Crippen LogP contribution is -2.30. The summed E-state index contributed by atoms with van der Waals surface area (Å²) < 4.78 is 0. The van der Waals surface area contributed by atoms with Gasteiger partial charge in [-0.25, -0.2) is 0 Å². The number of benzene rings is 1. The van der Waals surface area contributed by atoms with E-state index >= 15 is 0 Å². The first-order valence-corrected chi connectivity index (χ1v) is 6.89. The van der Waals surface area contributed by atoms with E-state index < -0.39 is 0 Å². The monoisotopic (exact) mass is 271 g/mol. The Balaban J connectivity index is 2.20. The summed E-state index contributed by atoms with van der Waals surface area (Å²) in [4.78, 5) is 10.3. The molecule has 1 aliphatic carbocycles. The second kappa shape index (κ2) is 5.23. The molecule has 0 aliphatic heterocycles. The van der Waals surface area contributed by atoms with E-state index in [0.29, 0.717) is 5.92 Å². The van der Waals surface area contributed by atoms with Crippen molar-refractivity contribution in [2.75, 3.05) is 0 Å².